The molecule has 0 heterocycles. The van der Waals surface area contributed by atoms with Gasteiger partial charge >= 0.3 is 53.7 Å². The molecule has 0 amide bonds. The number of carbonyl (C=O) groups excluding carboxylic acids is 2. The van der Waals surface area contributed by atoms with Gasteiger partial charge in [-0.25, -0.2) is 9.59 Å². The summed E-state index contributed by atoms with van der Waals surface area (Å²) in [6.45, 7) is 4.12. The molecule has 33 heavy (non-hydrogen) atoms. The van der Waals surface area contributed by atoms with Gasteiger partial charge in [-0.3, -0.25) is 0 Å². The largest absolute Gasteiger partial charge is 0.460 e. The Hall–Kier alpha value is -2.37. The van der Waals surface area contributed by atoms with E-state index in [1.807, 2.05) is 0 Å². The SMILES string of the molecule is C=C(C)C(=O)OC(C)OC(=O)C(F)(F)C(F)(F)C(F)(F)C(F)(F)C(F)(F)C(F)(F)C(F)(F)F. The van der Waals surface area contributed by atoms with E-state index in [1.165, 1.54) is 0 Å². The molecule has 194 valence electrons. The molecule has 1 atom stereocenters. The van der Waals surface area contributed by atoms with Gasteiger partial charge in [-0.05, 0) is 6.92 Å². The molecular formula is C14H9F15O4. The number of hydrogen-bond donors (Lipinski definition) is 0. The van der Waals surface area contributed by atoms with E-state index in [9.17, 15) is 75.4 Å². The van der Waals surface area contributed by atoms with E-state index in [0.29, 0.717) is 6.92 Å². The highest BCUT2D eigenvalue weighted by Crippen LogP contribution is 2.62. The van der Waals surface area contributed by atoms with Crippen LogP contribution in [-0.2, 0) is 19.1 Å². The van der Waals surface area contributed by atoms with Crippen LogP contribution in [0.2, 0.25) is 0 Å². The van der Waals surface area contributed by atoms with Crippen LogP contribution in [-0.4, -0.2) is 59.9 Å². The predicted octanol–water partition coefficient (Wildman–Crippen LogP) is 5.37. The third kappa shape index (κ3) is 4.67. The number of carbonyl (C=O) groups is 2. The molecule has 0 bridgehead atoms. The minimum absolute atomic E-state index is 0.303. The zero-order valence-corrected chi connectivity index (χ0v) is 15.6. The highest BCUT2D eigenvalue weighted by molar-refractivity contribution is 5.87. The quantitative estimate of drug-likeness (QED) is 0.176. The standard InChI is InChI=1S/C14H9F15O4/c1-4(2)6(30)32-5(3)33-7(31)8(15,16)9(17,18)10(19,20)11(21,22)12(23,24)13(25,26)14(27,28)29/h5H,1H2,2-3H3. The molecule has 0 spiro atoms. The molecule has 19 heteroatoms. The van der Waals surface area contributed by atoms with Crippen molar-refractivity contribution in [3.63, 3.8) is 0 Å². The summed E-state index contributed by atoms with van der Waals surface area (Å²) in [4.78, 5) is 22.1. The lowest BCUT2D eigenvalue weighted by Gasteiger charge is -2.40. The fraction of sp³-hybridized carbons (Fsp3) is 0.714. The van der Waals surface area contributed by atoms with E-state index in [2.05, 4.69) is 16.1 Å². The van der Waals surface area contributed by atoms with Gasteiger partial charge in [0, 0.05) is 12.5 Å². The molecule has 0 aliphatic heterocycles. The first kappa shape index (κ1) is 30.6. The van der Waals surface area contributed by atoms with Crippen molar-refractivity contribution < 1.29 is 84.9 Å². The predicted molar refractivity (Wildman–Crippen MR) is 72.2 cm³/mol. The molecule has 0 N–H and O–H groups in total. The minimum Gasteiger partial charge on any atom is -0.422 e. The Morgan fingerprint density at radius 1 is 0.636 bits per heavy atom. The van der Waals surface area contributed by atoms with Gasteiger partial charge in [-0.15, -0.1) is 0 Å². The third-order valence-electron chi connectivity index (χ3n) is 3.48. The van der Waals surface area contributed by atoms with Crippen LogP contribution in [0.5, 0.6) is 0 Å². The molecule has 0 aliphatic carbocycles. The summed E-state index contributed by atoms with van der Waals surface area (Å²) in [7, 11) is 0. The van der Waals surface area contributed by atoms with Gasteiger partial charge in [-0.1, -0.05) is 6.58 Å². The second-order valence-electron chi connectivity index (χ2n) is 6.10. The first-order valence-corrected chi connectivity index (χ1v) is 7.55. The monoisotopic (exact) mass is 526 g/mol. The number of alkyl halides is 15. The van der Waals surface area contributed by atoms with Crippen LogP contribution in [0.1, 0.15) is 13.8 Å². The van der Waals surface area contributed by atoms with Gasteiger partial charge in [0.2, 0.25) is 6.29 Å². The fourth-order valence-electron chi connectivity index (χ4n) is 1.59. The second kappa shape index (κ2) is 8.44. The molecule has 0 aromatic heterocycles. The number of rotatable bonds is 9. The Bertz CT molecular complexity index is 784. The van der Waals surface area contributed by atoms with Crippen molar-refractivity contribution in [3.05, 3.63) is 12.2 Å². The maximum Gasteiger partial charge on any atom is 0.460 e. The van der Waals surface area contributed by atoms with Gasteiger partial charge in [-0.2, -0.15) is 65.9 Å². The third-order valence-corrected chi connectivity index (χ3v) is 3.48. The maximum absolute atomic E-state index is 13.5. The molecule has 0 saturated heterocycles. The maximum atomic E-state index is 13.5. The lowest BCUT2D eigenvalue weighted by atomic mass is 9.91. The summed E-state index contributed by atoms with van der Waals surface area (Å²) in [5.74, 6) is -54.4. The topological polar surface area (TPSA) is 52.6 Å². The normalized spacial score (nSPS) is 15.7. The first-order valence-electron chi connectivity index (χ1n) is 7.55. The number of esters is 2. The Morgan fingerprint density at radius 2 is 0.970 bits per heavy atom. The van der Waals surface area contributed by atoms with Crippen LogP contribution in [0, 0.1) is 0 Å². The Morgan fingerprint density at radius 3 is 1.30 bits per heavy atom. The van der Waals surface area contributed by atoms with E-state index in [-0.39, 0.29) is 0 Å². The van der Waals surface area contributed by atoms with Crippen LogP contribution in [0.4, 0.5) is 65.9 Å². The number of halogens is 15. The van der Waals surface area contributed by atoms with E-state index in [0.717, 1.165) is 6.92 Å². The van der Waals surface area contributed by atoms with Crippen LogP contribution in [0.25, 0.3) is 0 Å². The van der Waals surface area contributed by atoms with E-state index in [1.54, 1.807) is 0 Å². The zero-order chi connectivity index (χ0) is 27.2. The lowest BCUT2D eigenvalue weighted by Crippen LogP contribution is -2.73. The summed E-state index contributed by atoms with van der Waals surface area (Å²) >= 11 is 0. The number of ether oxygens (including phenoxy) is 2. The molecule has 0 aromatic carbocycles. The van der Waals surface area contributed by atoms with E-state index < -0.39 is 65.5 Å². The molecule has 0 rings (SSSR count). The lowest BCUT2D eigenvalue weighted by molar-refractivity contribution is -0.450. The average molecular weight is 526 g/mol. The molecule has 1 unspecified atom stereocenters. The van der Waals surface area contributed by atoms with Gasteiger partial charge in [0.05, 0.1) is 0 Å². The molecule has 0 radical (unpaired) electrons. The average Bonchev–Trinajstić information content (AvgIpc) is 2.59. The summed E-state index contributed by atoms with van der Waals surface area (Å²) in [5.41, 5.74) is -0.533. The highest BCUT2D eigenvalue weighted by Gasteiger charge is 2.94. The van der Waals surface area contributed by atoms with Gasteiger partial charge < -0.3 is 9.47 Å². The van der Waals surface area contributed by atoms with Crippen molar-refractivity contribution in [2.45, 2.75) is 61.8 Å². The van der Waals surface area contributed by atoms with Crippen molar-refractivity contribution in [2.75, 3.05) is 0 Å². The molecule has 4 nitrogen and oxygen atoms in total. The second-order valence-corrected chi connectivity index (χ2v) is 6.10. The van der Waals surface area contributed by atoms with Crippen LogP contribution >= 0.6 is 0 Å². The Balaban J connectivity index is 6.30. The molecule has 0 aliphatic rings. The fourth-order valence-corrected chi connectivity index (χ4v) is 1.59. The molecule has 0 aromatic rings. The van der Waals surface area contributed by atoms with Gasteiger partial charge in [0.15, 0.2) is 0 Å². The summed E-state index contributed by atoms with van der Waals surface area (Å²) in [6.07, 6.45) is -10.4. The van der Waals surface area contributed by atoms with Crippen molar-refractivity contribution in [2.24, 2.45) is 0 Å². The van der Waals surface area contributed by atoms with Crippen molar-refractivity contribution in [1.29, 1.82) is 0 Å². The van der Waals surface area contributed by atoms with Crippen molar-refractivity contribution in [3.8, 4) is 0 Å². The van der Waals surface area contributed by atoms with Gasteiger partial charge in [0.1, 0.15) is 0 Å². The Labute approximate surface area is 172 Å². The molecular weight excluding hydrogens is 517 g/mol. The number of hydrogen-bond acceptors (Lipinski definition) is 4. The Kier molecular flexibility index (Phi) is 7.84. The van der Waals surface area contributed by atoms with E-state index in [4.69, 9.17) is 0 Å². The van der Waals surface area contributed by atoms with Gasteiger partial charge in [0.25, 0.3) is 0 Å². The van der Waals surface area contributed by atoms with Crippen LogP contribution < -0.4 is 0 Å². The highest BCUT2D eigenvalue weighted by atomic mass is 19.4. The van der Waals surface area contributed by atoms with Crippen molar-refractivity contribution in [1.82, 2.24) is 0 Å². The summed E-state index contributed by atoms with van der Waals surface area (Å²) in [5, 5.41) is 0. The zero-order valence-electron chi connectivity index (χ0n) is 15.6. The molecule has 0 fully saturated rings. The summed E-state index contributed by atoms with van der Waals surface area (Å²) < 4.78 is 202. The molecule has 0 saturated carbocycles. The summed E-state index contributed by atoms with van der Waals surface area (Å²) in [6, 6.07) is 0. The first-order chi connectivity index (χ1) is 14.1. The smallest absolute Gasteiger partial charge is 0.422 e. The van der Waals surface area contributed by atoms with E-state index >= 15 is 0 Å². The van der Waals surface area contributed by atoms with Crippen LogP contribution in [0.3, 0.4) is 0 Å². The van der Waals surface area contributed by atoms with Crippen molar-refractivity contribution >= 4 is 11.9 Å². The van der Waals surface area contributed by atoms with Crippen LogP contribution in [0.15, 0.2) is 12.2 Å². The minimum atomic E-state index is -8.54.